The van der Waals surface area contributed by atoms with E-state index in [1.807, 2.05) is 20.8 Å². The second kappa shape index (κ2) is 6.34. The summed E-state index contributed by atoms with van der Waals surface area (Å²) >= 11 is 1.45. The van der Waals surface area contributed by atoms with Crippen molar-refractivity contribution in [3.63, 3.8) is 0 Å². The molecule has 0 spiro atoms. The van der Waals surface area contributed by atoms with Crippen LogP contribution in [0.1, 0.15) is 25.3 Å². The molecule has 1 heterocycles. The largest absolute Gasteiger partial charge is 0.320 e. The maximum absolute atomic E-state index is 11.7. The van der Waals surface area contributed by atoms with Crippen LogP contribution in [0.15, 0.2) is 14.8 Å². The predicted octanol–water partition coefficient (Wildman–Crippen LogP) is 1.39. The number of aromatic nitrogens is 1. The van der Waals surface area contributed by atoms with Gasteiger partial charge in [0.2, 0.25) is 0 Å². The van der Waals surface area contributed by atoms with Crippen molar-refractivity contribution in [1.29, 1.82) is 0 Å². The van der Waals surface area contributed by atoms with Gasteiger partial charge >= 0.3 is 0 Å². The van der Waals surface area contributed by atoms with E-state index >= 15 is 0 Å². The van der Waals surface area contributed by atoms with Gasteiger partial charge in [0.25, 0.3) is 5.91 Å². The van der Waals surface area contributed by atoms with Crippen molar-refractivity contribution < 1.29 is 4.79 Å². The van der Waals surface area contributed by atoms with E-state index in [1.165, 1.54) is 11.3 Å². The Morgan fingerprint density at radius 2 is 2.29 bits per heavy atom. The number of nitrogens with zero attached hydrogens (tertiary/aromatic N) is 2. The van der Waals surface area contributed by atoms with Gasteiger partial charge in [-0.1, -0.05) is 13.8 Å². The highest BCUT2D eigenvalue weighted by Gasteiger charge is 2.15. The van der Waals surface area contributed by atoms with Gasteiger partial charge in [0.15, 0.2) is 0 Å². The first kappa shape index (κ1) is 14.4. The quantitative estimate of drug-likeness (QED) is 0.867. The molecule has 2 unspecified atom stereocenters. The molecule has 0 aliphatic rings. The minimum Gasteiger partial charge on any atom is -0.320 e. The molecular formula is C10H18N4OS2. The van der Waals surface area contributed by atoms with Gasteiger partial charge in [-0.2, -0.15) is 4.36 Å². The summed E-state index contributed by atoms with van der Waals surface area (Å²) in [5, 5.41) is 6.75. The molecule has 1 rings (SSSR count). The summed E-state index contributed by atoms with van der Waals surface area (Å²) in [5.41, 5.74) is 5.74. The lowest BCUT2D eigenvalue weighted by molar-refractivity contribution is -0.119. The maximum Gasteiger partial charge on any atom is 0.269 e. The molecule has 0 aliphatic carbocycles. The molecule has 0 fully saturated rings. The Morgan fingerprint density at radius 1 is 1.65 bits per heavy atom. The van der Waals surface area contributed by atoms with Crippen LogP contribution in [0.3, 0.4) is 0 Å². The second-order valence-electron chi connectivity index (χ2n) is 4.18. The van der Waals surface area contributed by atoms with Crippen molar-refractivity contribution in [2.45, 2.75) is 37.4 Å². The van der Waals surface area contributed by atoms with Gasteiger partial charge in [0, 0.05) is 10.9 Å². The standard InChI is InChI=1S/C10H18N4OS2/c1-6(2)4-8(11)10(15)14-17(12)9-5-13-7(3)16-9/h5-6,8H,4,11H2,1-3H3,(H2,12,14,15). The van der Waals surface area contributed by atoms with Gasteiger partial charge in [0.1, 0.15) is 4.21 Å². The Kier molecular flexibility index (Phi) is 5.38. The van der Waals surface area contributed by atoms with Gasteiger partial charge in [-0.3, -0.25) is 9.93 Å². The third-order valence-electron chi connectivity index (χ3n) is 2.04. The van der Waals surface area contributed by atoms with E-state index < -0.39 is 16.9 Å². The molecule has 96 valence electrons. The number of hydrogen-bond donors (Lipinski definition) is 2. The maximum atomic E-state index is 11.7. The molecule has 1 amide bonds. The molecule has 0 radical (unpaired) electrons. The minimum atomic E-state index is -0.927. The Labute approximate surface area is 108 Å². The first-order valence-corrected chi connectivity index (χ1v) is 7.38. The molecule has 1 aromatic heterocycles. The van der Waals surface area contributed by atoms with E-state index in [0.29, 0.717) is 12.3 Å². The fourth-order valence-corrected chi connectivity index (χ4v) is 3.15. The van der Waals surface area contributed by atoms with Crippen LogP contribution in [0.2, 0.25) is 0 Å². The van der Waals surface area contributed by atoms with Crippen molar-refractivity contribution in [3.05, 3.63) is 11.2 Å². The van der Waals surface area contributed by atoms with E-state index in [2.05, 4.69) is 9.35 Å². The summed E-state index contributed by atoms with van der Waals surface area (Å²) in [6.07, 6.45) is 2.29. The highest BCUT2D eigenvalue weighted by atomic mass is 32.2. The van der Waals surface area contributed by atoms with Crippen molar-refractivity contribution in [2.24, 2.45) is 21.2 Å². The van der Waals surface area contributed by atoms with Crippen LogP contribution < -0.4 is 10.9 Å². The monoisotopic (exact) mass is 274 g/mol. The number of hydrogen-bond acceptors (Lipinski definition) is 4. The Balaban J connectivity index is 2.71. The summed E-state index contributed by atoms with van der Waals surface area (Å²) < 4.78 is 4.74. The summed E-state index contributed by atoms with van der Waals surface area (Å²) in [4.78, 5) is 15.8. The fraction of sp³-hybridized carbons (Fsp3) is 0.600. The molecule has 7 heteroatoms. The summed E-state index contributed by atoms with van der Waals surface area (Å²) in [7, 11) is -0.927. The van der Waals surface area contributed by atoms with Crippen LogP contribution in [-0.2, 0) is 15.7 Å². The zero-order chi connectivity index (χ0) is 13.0. The van der Waals surface area contributed by atoms with E-state index in [1.54, 1.807) is 6.20 Å². The molecule has 0 aliphatic heterocycles. The second-order valence-corrected chi connectivity index (χ2v) is 6.92. The van der Waals surface area contributed by atoms with Crippen molar-refractivity contribution in [2.75, 3.05) is 0 Å². The lowest BCUT2D eigenvalue weighted by Crippen LogP contribution is -2.31. The number of rotatable bonds is 4. The first-order valence-electron chi connectivity index (χ1n) is 5.32. The molecule has 0 saturated heterocycles. The van der Waals surface area contributed by atoms with E-state index in [0.717, 1.165) is 9.22 Å². The van der Waals surface area contributed by atoms with Gasteiger partial charge in [0.05, 0.1) is 17.2 Å². The molecule has 1 aromatic rings. The van der Waals surface area contributed by atoms with Crippen molar-refractivity contribution >= 4 is 28.1 Å². The zero-order valence-electron chi connectivity index (χ0n) is 10.2. The number of amides is 1. The van der Waals surface area contributed by atoms with Crippen molar-refractivity contribution in [3.8, 4) is 0 Å². The van der Waals surface area contributed by atoms with Gasteiger partial charge in [-0.15, -0.1) is 11.3 Å². The van der Waals surface area contributed by atoms with Crippen molar-refractivity contribution in [1.82, 2.24) is 4.98 Å². The van der Waals surface area contributed by atoms with Gasteiger partial charge in [-0.25, -0.2) is 4.98 Å². The molecule has 2 atom stereocenters. The summed E-state index contributed by atoms with van der Waals surface area (Å²) in [6, 6.07) is -0.553. The van der Waals surface area contributed by atoms with E-state index in [4.69, 9.17) is 10.9 Å². The molecule has 0 saturated carbocycles. The van der Waals surface area contributed by atoms with Crippen LogP contribution in [0.4, 0.5) is 0 Å². The zero-order valence-corrected chi connectivity index (χ0v) is 11.8. The summed E-state index contributed by atoms with van der Waals surface area (Å²) in [6.45, 7) is 5.92. The predicted molar refractivity (Wildman–Crippen MR) is 71.5 cm³/mol. The van der Waals surface area contributed by atoms with Crippen LogP contribution in [0.5, 0.6) is 0 Å². The molecule has 17 heavy (non-hydrogen) atoms. The molecule has 4 N–H and O–H groups in total. The first-order chi connectivity index (χ1) is 7.90. The smallest absolute Gasteiger partial charge is 0.269 e. The SMILES string of the molecule is Cc1ncc(S(N)=NC(=O)C(N)CC(C)C)s1. The van der Waals surface area contributed by atoms with E-state index in [9.17, 15) is 4.79 Å². The van der Waals surface area contributed by atoms with Gasteiger partial charge in [-0.05, 0) is 19.3 Å². The van der Waals surface area contributed by atoms with Crippen LogP contribution >= 0.6 is 11.3 Å². The number of nitrogens with two attached hydrogens (primary N) is 2. The topological polar surface area (TPSA) is 94.4 Å². The van der Waals surface area contributed by atoms with Gasteiger partial charge < -0.3 is 5.73 Å². The third-order valence-corrected chi connectivity index (χ3v) is 4.40. The molecule has 0 aromatic carbocycles. The Hall–Kier alpha value is -0.630. The Bertz CT molecular complexity index is 428. The Morgan fingerprint density at radius 3 is 2.76 bits per heavy atom. The average molecular weight is 274 g/mol. The minimum absolute atomic E-state index is 0.324. The fourth-order valence-electron chi connectivity index (χ4n) is 1.26. The molecular weight excluding hydrogens is 256 g/mol. The number of carbonyl (C=O) groups excluding carboxylic acids is 1. The lowest BCUT2D eigenvalue weighted by atomic mass is 10.0. The lowest BCUT2D eigenvalue weighted by Gasteiger charge is -2.09. The van der Waals surface area contributed by atoms with Crippen LogP contribution in [-0.4, -0.2) is 16.9 Å². The highest BCUT2D eigenvalue weighted by Crippen LogP contribution is 2.15. The van der Waals surface area contributed by atoms with Crippen LogP contribution in [0.25, 0.3) is 0 Å². The normalized spacial score (nSPS) is 15.2. The molecule has 5 nitrogen and oxygen atoms in total. The summed E-state index contributed by atoms with van der Waals surface area (Å²) in [5.74, 6) is 0.0462. The number of aryl methyl sites for hydroxylation is 1. The highest BCUT2D eigenvalue weighted by molar-refractivity contribution is 7.87. The molecule has 0 bridgehead atoms. The number of thiazole rings is 1. The third kappa shape index (κ3) is 4.63. The average Bonchev–Trinajstić information content (AvgIpc) is 2.63. The van der Waals surface area contributed by atoms with E-state index in [-0.39, 0.29) is 5.91 Å². The van der Waals surface area contributed by atoms with Crippen LogP contribution in [0, 0.1) is 12.8 Å². The number of carbonyl (C=O) groups is 1.